The van der Waals surface area contributed by atoms with Crippen molar-refractivity contribution in [3.8, 4) is 0 Å². The van der Waals surface area contributed by atoms with E-state index in [0.29, 0.717) is 25.4 Å². The van der Waals surface area contributed by atoms with Gasteiger partial charge in [-0.15, -0.1) is 10.2 Å². The van der Waals surface area contributed by atoms with Crippen molar-refractivity contribution in [1.29, 1.82) is 0 Å². The van der Waals surface area contributed by atoms with E-state index in [-0.39, 0.29) is 11.9 Å². The topological polar surface area (TPSA) is 68.8 Å². The van der Waals surface area contributed by atoms with E-state index in [1.165, 1.54) is 0 Å². The molecule has 1 aliphatic rings. The zero-order valence-corrected chi connectivity index (χ0v) is 15.2. The molecule has 0 aromatic carbocycles. The molecule has 24 heavy (non-hydrogen) atoms. The Labute approximate surface area is 142 Å². The lowest BCUT2D eigenvalue weighted by atomic mass is 10.2. The highest BCUT2D eigenvalue weighted by Crippen LogP contribution is 2.21. The number of amides is 1. The lowest BCUT2D eigenvalue weighted by Gasteiger charge is -2.29. The fourth-order valence-electron chi connectivity index (χ4n) is 3.38. The van der Waals surface area contributed by atoms with E-state index < -0.39 is 0 Å². The van der Waals surface area contributed by atoms with Gasteiger partial charge in [0.2, 0.25) is 5.91 Å². The molecule has 2 aromatic heterocycles. The molecule has 0 saturated heterocycles. The fourth-order valence-corrected chi connectivity index (χ4v) is 3.38. The summed E-state index contributed by atoms with van der Waals surface area (Å²) >= 11 is 0. The maximum Gasteiger partial charge on any atom is 0.225 e. The van der Waals surface area contributed by atoms with Crippen LogP contribution in [0.15, 0.2) is 6.07 Å². The Hall–Kier alpha value is -2.18. The number of fused-ring (bicyclic) bond motifs is 1. The van der Waals surface area contributed by atoms with Gasteiger partial charge in [-0.1, -0.05) is 13.8 Å². The van der Waals surface area contributed by atoms with Crippen LogP contribution in [0.4, 0.5) is 0 Å². The van der Waals surface area contributed by atoms with E-state index in [2.05, 4.69) is 33.7 Å². The van der Waals surface area contributed by atoms with Gasteiger partial charge >= 0.3 is 0 Å². The molecule has 1 atom stereocenters. The number of rotatable bonds is 4. The van der Waals surface area contributed by atoms with Crippen LogP contribution in [0.5, 0.6) is 0 Å². The minimum Gasteiger partial charge on any atom is -0.333 e. The van der Waals surface area contributed by atoms with Crippen molar-refractivity contribution >= 4 is 5.91 Å². The molecule has 0 bridgehead atoms. The largest absolute Gasteiger partial charge is 0.333 e. The van der Waals surface area contributed by atoms with Crippen LogP contribution in [0.3, 0.4) is 0 Å². The molecule has 0 saturated carbocycles. The second-order valence-electron chi connectivity index (χ2n) is 7.02. The summed E-state index contributed by atoms with van der Waals surface area (Å²) in [5, 5.41) is 13.0. The summed E-state index contributed by atoms with van der Waals surface area (Å²) in [6.45, 7) is 12.3. The minimum absolute atomic E-state index is 0.0530. The van der Waals surface area contributed by atoms with Gasteiger partial charge in [-0.25, -0.2) is 0 Å². The van der Waals surface area contributed by atoms with Crippen LogP contribution in [0, 0.1) is 13.8 Å². The maximum atomic E-state index is 12.7. The summed E-state index contributed by atoms with van der Waals surface area (Å²) in [4.78, 5) is 14.6. The predicted molar refractivity (Wildman–Crippen MR) is 90.6 cm³/mol. The van der Waals surface area contributed by atoms with Gasteiger partial charge < -0.3 is 9.47 Å². The van der Waals surface area contributed by atoms with Crippen molar-refractivity contribution in [2.45, 2.75) is 66.1 Å². The number of carbonyl (C=O) groups excluding carboxylic acids is 1. The van der Waals surface area contributed by atoms with Crippen molar-refractivity contribution in [2.75, 3.05) is 6.54 Å². The highest BCUT2D eigenvalue weighted by molar-refractivity contribution is 5.76. The first-order valence-electron chi connectivity index (χ1n) is 8.59. The molecule has 3 heterocycles. The average Bonchev–Trinajstić information content (AvgIpc) is 3.09. The first-order valence-corrected chi connectivity index (χ1v) is 8.59. The average molecular weight is 330 g/mol. The van der Waals surface area contributed by atoms with Gasteiger partial charge in [-0.3, -0.25) is 9.48 Å². The van der Waals surface area contributed by atoms with Crippen molar-refractivity contribution in [3.05, 3.63) is 29.1 Å². The fraction of sp³-hybridized carbons (Fsp3) is 0.647. The van der Waals surface area contributed by atoms with E-state index in [1.807, 2.05) is 36.4 Å². The SMILES string of the molecule is Cc1cc(C)n([C@@H](C)CC(=O)N2CCn3c(nnc3C(C)C)C2)n1. The summed E-state index contributed by atoms with van der Waals surface area (Å²) in [5.74, 6) is 2.39. The normalized spacial score (nSPS) is 15.7. The molecule has 0 N–H and O–H groups in total. The Morgan fingerprint density at radius 1 is 1.21 bits per heavy atom. The summed E-state index contributed by atoms with van der Waals surface area (Å²) in [5.41, 5.74) is 2.08. The van der Waals surface area contributed by atoms with E-state index in [4.69, 9.17) is 0 Å². The Bertz CT molecular complexity index is 744. The van der Waals surface area contributed by atoms with Crippen LogP contribution in [0.25, 0.3) is 0 Å². The van der Waals surface area contributed by atoms with Crippen molar-refractivity contribution < 1.29 is 4.79 Å². The highest BCUT2D eigenvalue weighted by atomic mass is 16.2. The molecule has 1 amide bonds. The van der Waals surface area contributed by atoms with E-state index >= 15 is 0 Å². The third kappa shape index (κ3) is 3.07. The Morgan fingerprint density at radius 3 is 2.58 bits per heavy atom. The minimum atomic E-state index is 0.0530. The van der Waals surface area contributed by atoms with Gasteiger partial charge in [-0.05, 0) is 26.8 Å². The van der Waals surface area contributed by atoms with E-state index in [1.54, 1.807) is 0 Å². The molecule has 2 aromatic rings. The molecule has 0 unspecified atom stereocenters. The number of aromatic nitrogens is 5. The Balaban J connectivity index is 1.67. The van der Waals surface area contributed by atoms with E-state index in [9.17, 15) is 4.79 Å². The van der Waals surface area contributed by atoms with Crippen LogP contribution >= 0.6 is 0 Å². The van der Waals surface area contributed by atoms with Gasteiger partial charge in [-0.2, -0.15) is 5.10 Å². The molecule has 0 spiro atoms. The number of hydrogen-bond donors (Lipinski definition) is 0. The van der Waals surface area contributed by atoms with Gasteiger partial charge in [0.05, 0.1) is 18.3 Å². The molecule has 0 fully saturated rings. The van der Waals surface area contributed by atoms with Crippen LogP contribution in [0.1, 0.15) is 62.2 Å². The first kappa shape index (κ1) is 16.7. The maximum absolute atomic E-state index is 12.7. The molecule has 7 heteroatoms. The lowest BCUT2D eigenvalue weighted by Crippen LogP contribution is -2.39. The molecule has 0 radical (unpaired) electrons. The third-order valence-corrected chi connectivity index (χ3v) is 4.58. The molecule has 7 nitrogen and oxygen atoms in total. The van der Waals surface area contributed by atoms with E-state index in [0.717, 1.165) is 29.6 Å². The summed E-state index contributed by atoms with van der Waals surface area (Å²) < 4.78 is 4.09. The zero-order chi connectivity index (χ0) is 17.4. The molecular weight excluding hydrogens is 304 g/mol. The van der Waals surface area contributed by atoms with Crippen LogP contribution < -0.4 is 0 Å². The smallest absolute Gasteiger partial charge is 0.225 e. The molecule has 130 valence electrons. The molecular formula is C17H26N6O. The third-order valence-electron chi connectivity index (χ3n) is 4.58. The van der Waals surface area contributed by atoms with Gasteiger partial charge in [0.15, 0.2) is 5.82 Å². The van der Waals surface area contributed by atoms with Crippen LogP contribution in [-0.4, -0.2) is 41.9 Å². The number of carbonyl (C=O) groups is 1. The number of hydrogen-bond acceptors (Lipinski definition) is 4. The van der Waals surface area contributed by atoms with Gasteiger partial charge in [0.1, 0.15) is 5.82 Å². The Kier molecular flexibility index (Phi) is 4.43. The number of aryl methyl sites for hydroxylation is 2. The standard InChI is InChI=1S/C17H26N6O/c1-11(2)17-19-18-15-10-21(6-7-22(15)17)16(24)9-14(5)23-13(4)8-12(3)20-23/h8,11,14H,6-7,9-10H2,1-5H3/t14-/m0/s1. The number of nitrogens with zero attached hydrogens (tertiary/aromatic N) is 6. The van der Waals surface area contributed by atoms with Crippen molar-refractivity contribution in [1.82, 2.24) is 29.4 Å². The molecule has 0 aliphatic carbocycles. The van der Waals surface area contributed by atoms with Crippen LogP contribution in [0.2, 0.25) is 0 Å². The van der Waals surface area contributed by atoms with Gasteiger partial charge in [0, 0.05) is 31.1 Å². The second kappa shape index (κ2) is 6.37. The zero-order valence-electron chi connectivity index (χ0n) is 15.2. The molecule has 3 rings (SSSR count). The second-order valence-corrected chi connectivity index (χ2v) is 7.02. The monoisotopic (exact) mass is 330 g/mol. The first-order chi connectivity index (χ1) is 11.4. The summed E-state index contributed by atoms with van der Waals surface area (Å²) in [6.07, 6.45) is 0.452. The quantitative estimate of drug-likeness (QED) is 0.862. The summed E-state index contributed by atoms with van der Waals surface area (Å²) in [7, 11) is 0. The predicted octanol–water partition coefficient (Wildman–Crippen LogP) is 2.21. The van der Waals surface area contributed by atoms with Crippen molar-refractivity contribution in [3.63, 3.8) is 0 Å². The van der Waals surface area contributed by atoms with Gasteiger partial charge in [0.25, 0.3) is 0 Å². The highest BCUT2D eigenvalue weighted by Gasteiger charge is 2.26. The van der Waals surface area contributed by atoms with Crippen LogP contribution in [-0.2, 0) is 17.9 Å². The summed E-state index contributed by atoms with van der Waals surface area (Å²) in [6, 6.07) is 2.09. The lowest BCUT2D eigenvalue weighted by molar-refractivity contribution is -0.133. The Morgan fingerprint density at radius 2 is 1.96 bits per heavy atom. The van der Waals surface area contributed by atoms with Crippen molar-refractivity contribution in [2.24, 2.45) is 0 Å². The molecule has 1 aliphatic heterocycles.